The Balaban J connectivity index is 1.44. The van der Waals surface area contributed by atoms with Crippen LogP contribution in [0.4, 0.5) is 0 Å². The summed E-state index contributed by atoms with van der Waals surface area (Å²) in [6.07, 6.45) is 17.3. The van der Waals surface area contributed by atoms with Crippen LogP contribution in [-0.2, 0) is 6.54 Å². The molecule has 1 unspecified atom stereocenters. The number of hydrogen-bond acceptors (Lipinski definition) is 4. The molecule has 1 atom stereocenters. The van der Waals surface area contributed by atoms with Gasteiger partial charge in [0.1, 0.15) is 6.04 Å². The molecule has 0 aliphatic carbocycles. The molecule has 0 saturated heterocycles. The van der Waals surface area contributed by atoms with Gasteiger partial charge in [0.2, 0.25) is 5.82 Å². The third kappa shape index (κ3) is 9.70. The molecule has 2 aromatic carbocycles. The van der Waals surface area contributed by atoms with Crippen LogP contribution in [0.5, 0.6) is 0 Å². The molecule has 0 bridgehead atoms. The minimum absolute atomic E-state index is 0.123. The normalized spacial score (nSPS) is 12.0. The summed E-state index contributed by atoms with van der Waals surface area (Å²) in [6.45, 7) is 6.95. The van der Waals surface area contributed by atoms with Crippen LogP contribution in [0.25, 0.3) is 0 Å². The van der Waals surface area contributed by atoms with E-state index in [0.717, 1.165) is 29.7 Å². The zero-order chi connectivity index (χ0) is 27.0. The standard InChI is InChI=1S/C32H47N5O/c1-4-5-6-7-8-9-10-11-12-13-14-15-19-25-37-35-31(34-36-37)30(28-23-17-16-18-24-28)33-32(38)29-26(2)21-20-22-27(29)3/h16-18,20-24,30H,4-15,19,25H2,1-3H3,(H,33,38). The highest BCUT2D eigenvalue weighted by atomic mass is 16.1. The Morgan fingerprint density at radius 3 is 1.89 bits per heavy atom. The van der Waals surface area contributed by atoms with E-state index in [-0.39, 0.29) is 5.91 Å². The van der Waals surface area contributed by atoms with E-state index in [1.807, 2.05) is 62.4 Å². The van der Waals surface area contributed by atoms with Crippen molar-refractivity contribution in [3.63, 3.8) is 0 Å². The number of nitrogens with zero attached hydrogens (tertiary/aromatic N) is 4. The highest BCUT2D eigenvalue weighted by Gasteiger charge is 2.24. The van der Waals surface area contributed by atoms with Crippen LogP contribution < -0.4 is 5.32 Å². The van der Waals surface area contributed by atoms with Crippen LogP contribution in [0.1, 0.15) is 129 Å². The molecule has 38 heavy (non-hydrogen) atoms. The average molecular weight is 518 g/mol. The van der Waals surface area contributed by atoms with Crippen molar-refractivity contribution in [3.8, 4) is 0 Å². The van der Waals surface area contributed by atoms with Gasteiger partial charge in [-0.3, -0.25) is 4.79 Å². The molecule has 0 fully saturated rings. The Bertz CT molecular complexity index is 1060. The highest BCUT2D eigenvalue weighted by molar-refractivity contribution is 5.97. The number of benzene rings is 2. The Kier molecular flexibility index (Phi) is 13.0. The lowest BCUT2D eigenvalue weighted by Crippen LogP contribution is -2.31. The van der Waals surface area contributed by atoms with Gasteiger partial charge in [-0.05, 0) is 42.2 Å². The Morgan fingerprint density at radius 2 is 1.32 bits per heavy atom. The van der Waals surface area contributed by atoms with Crippen molar-refractivity contribution >= 4 is 5.91 Å². The minimum atomic E-state index is -0.455. The minimum Gasteiger partial charge on any atom is -0.338 e. The lowest BCUT2D eigenvalue weighted by atomic mass is 10.0. The van der Waals surface area contributed by atoms with Gasteiger partial charge in [-0.2, -0.15) is 4.80 Å². The highest BCUT2D eigenvalue weighted by Crippen LogP contribution is 2.21. The largest absolute Gasteiger partial charge is 0.338 e. The van der Waals surface area contributed by atoms with Gasteiger partial charge in [0, 0.05) is 5.56 Å². The van der Waals surface area contributed by atoms with E-state index >= 15 is 0 Å². The second-order valence-corrected chi connectivity index (χ2v) is 10.6. The fourth-order valence-electron chi connectivity index (χ4n) is 5.06. The van der Waals surface area contributed by atoms with Gasteiger partial charge in [-0.25, -0.2) is 0 Å². The topological polar surface area (TPSA) is 72.7 Å². The number of nitrogens with one attached hydrogen (secondary N) is 1. The number of carbonyl (C=O) groups is 1. The molecule has 1 N–H and O–H groups in total. The third-order valence-electron chi connectivity index (χ3n) is 7.30. The summed E-state index contributed by atoms with van der Waals surface area (Å²) in [4.78, 5) is 14.9. The molecule has 0 spiro atoms. The van der Waals surface area contributed by atoms with E-state index in [4.69, 9.17) is 0 Å². The van der Waals surface area contributed by atoms with Crippen molar-refractivity contribution in [2.45, 2.75) is 117 Å². The van der Waals surface area contributed by atoms with Gasteiger partial charge in [-0.15, -0.1) is 10.2 Å². The predicted molar refractivity (Wildman–Crippen MR) is 155 cm³/mol. The number of aryl methyl sites for hydroxylation is 3. The maximum absolute atomic E-state index is 13.3. The number of amides is 1. The van der Waals surface area contributed by atoms with Gasteiger partial charge in [-0.1, -0.05) is 133 Å². The molecule has 3 rings (SSSR count). The van der Waals surface area contributed by atoms with E-state index in [0.29, 0.717) is 11.4 Å². The summed E-state index contributed by atoms with van der Waals surface area (Å²) in [5, 5.41) is 16.4. The number of unbranched alkanes of at least 4 members (excludes halogenated alkanes) is 12. The number of tetrazole rings is 1. The van der Waals surface area contributed by atoms with E-state index in [2.05, 4.69) is 27.7 Å². The zero-order valence-corrected chi connectivity index (χ0v) is 23.8. The van der Waals surface area contributed by atoms with E-state index in [1.54, 1.807) is 4.80 Å². The molecule has 6 nitrogen and oxygen atoms in total. The molecule has 3 aromatic rings. The Morgan fingerprint density at radius 1 is 0.763 bits per heavy atom. The maximum atomic E-state index is 13.3. The van der Waals surface area contributed by atoms with E-state index in [9.17, 15) is 4.79 Å². The molecule has 1 amide bonds. The summed E-state index contributed by atoms with van der Waals surface area (Å²) < 4.78 is 0. The second kappa shape index (κ2) is 16.7. The molecule has 0 aliphatic heterocycles. The molecule has 0 saturated carbocycles. The zero-order valence-electron chi connectivity index (χ0n) is 23.8. The van der Waals surface area contributed by atoms with Gasteiger partial charge in [0.15, 0.2) is 0 Å². The van der Waals surface area contributed by atoms with Crippen LogP contribution in [0.15, 0.2) is 48.5 Å². The van der Waals surface area contributed by atoms with Crippen molar-refractivity contribution in [1.82, 2.24) is 25.5 Å². The van der Waals surface area contributed by atoms with Crippen LogP contribution >= 0.6 is 0 Å². The molecular weight excluding hydrogens is 470 g/mol. The van der Waals surface area contributed by atoms with Gasteiger partial charge < -0.3 is 5.32 Å². The van der Waals surface area contributed by atoms with Crippen molar-refractivity contribution in [1.29, 1.82) is 0 Å². The van der Waals surface area contributed by atoms with Gasteiger partial charge >= 0.3 is 0 Å². The van der Waals surface area contributed by atoms with Crippen molar-refractivity contribution < 1.29 is 4.79 Å². The smallest absolute Gasteiger partial charge is 0.252 e. The predicted octanol–water partition coefficient (Wildman–Crippen LogP) is 7.90. The molecular formula is C32H47N5O. The van der Waals surface area contributed by atoms with Crippen LogP contribution in [0, 0.1) is 13.8 Å². The summed E-state index contributed by atoms with van der Waals surface area (Å²) in [5.41, 5.74) is 3.54. The number of rotatable bonds is 18. The fourth-order valence-corrected chi connectivity index (χ4v) is 5.06. The number of aromatic nitrogens is 4. The SMILES string of the molecule is CCCCCCCCCCCCCCCn1nnc(C(NC(=O)c2c(C)cccc2C)c2ccccc2)n1. The van der Waals surface area contributed by atoms with E-state index < -0.39 is 6.04 Å². The summed E-state index contributed by atoms with van der Waals surface area (Å²) in [7, 11) is 0. The van der Waals surface area contributed by atoms with Gasteiger partial charge in [0.25, 0.3) is 5.91 Å². The average Bonchev–Trinajstić information content (AvgIpc) is 3.39. The summed E-state index contributed by atoms with van der Waals surface area (Å²) in [5.74, 6) is 0.396. The fraction of sp³-hybridized carbons (Fsp3) is 0.562. The first-order valence-electron chi connectivity index (χ1n) is 14.8. The molecule has 206 valence electrons. The quantitative estimate of drug-likeness (QED) is 0.174. The summed E-state index contributed by atoms with van der Waals surface area (Å²) in [6, 6.07) is 15.3. The molecule has 6 heteroatoms. The Hall–Kier alpha value is -3.02. The molecule has 0 aliphatic rings. The van der Waals surface area contributed by atoms with Crippen molar-refractivity contribution in [3.05, 3.63) is 76.6 Å². The third-order valence-corrected chi connectivity index (χ3v) is 7.30. The van der Waals surface area contributed by atoms with Crippen LogP contribution in [0.2, 0.25) is 0 Å². The first-order valence-corrected chi connectivity index (χ1v) is 14.8. The first kappa shape index (κ1) is 29.5. The number of hydrogen-bond donors (Lipinski definition) is 1. The first-order chi connectivity index (χ1) is 18.6. The second-order valence-electron chi connectivity index (χ2n) is 10.6. The van der Waals surface area contributed by atoms with Crippen molar-refractivity contribution in [2.75, 3.05) is 0 Å². The number of carbonyl (C=O) groups excluding carboxylic acids is 1. The lowest BCUT2D eigenvalue weighted by molar-refractivity contribution is 0.0940. The summed E-state index contributed by atoms with van der Waals surface area (Å²) >= 11 is 0. The molecule has 1 heterocycles. The van der Waals surface area contributed by atoms with Crippen LogP contribution in [0.3, 0.4) is 0 Å². The molecule has 1 aromatic heterocycles. The monoisotopic (exact) mass is 517 g/mol. The molecule has 0 radical (unpaired) electrons. The van der Waals surface area contributed by atoms with E-state index in [1.165, 1.54) is 77.0 Å². The maximum Gasteiger partial charge on any atom is 0.252 e. The lowest BCUT2D eigenvalue weighted by Gasteiger charge is -2.18. The van der Waals surface area contributed by atoms with Gasteiger partial charge in [0.05, 0.1) is 6.54 Å². The van der Waals surface area contributed by atoms with Crippen molar-refractivity contribution in [2.24, 2.45) is 0 Å². The Labute approximate surface area is 229 Å². The van der Waals surface area contributed by atoms with Crippen LogP contribution in [-0.4, -0.2) is 26.1 Å².